The standard InChI is InChI=1S/C16H32N2O3/c1-12(2)10-17-13(3)9-14-11-20-8-7-18(14)15(19)21-16(4,5)6/h12-14,17H,7-11H2,1-6H3. The highest BCUT2D eigenvalue weighted by Gasteiger charge is 2.31. The molecule has 1 saturated heterocycles. The Morgan fingerprint density at radius 1 is 1.38 bits per heavy atom. The van der Waals surface area contributed by atoms with Crippen LogP contribution in [0.25, 0.3) is 0 Å². The zero-order chi connectivity index (χ0) is 16.0. The quantitative estimate of drug-likeness (QED) is 0.848. The van der Waals surface area contributed by atoms with Gasteiger partial charge in [0.15, 0.2) is 0 Å². The van der Waals surface area contributed by atoms with Crippen molar-refractivity contribution in [3.63, 3.8) is 0 Å². The number of nitrogens with zero attached hydrogens (tertiary/aromatic N) is 1. The van der Waals surface area contributed by atoms with Gasteiger partial charge in [-0.05, 0) is 46.6 Å². The molecule has 1 aliphatic rings. The number of hydrogen-bond donors (Lipinski definition) is 1. The SMILES string of the molecule is CC(C)CNC(C)CC1COCCN1C(=O)OC(C)(C)C. The molecule has 1 fully saturated rings. The number of rotatable bonds is 5. The van der Waals surface area contributed by atoms with E-state index in [1.165, 1.54) is 0 Å². The van der Waals surface area contributed by atoms with Crippen molar-refractivity contribution in [1.82, 2.24) is 10.2 Å². The van der Waals surface area contributed by atoms with Gasteiger partial charge in [0.05, 0.1) is 19.3 Å². The smallest absolute Gasteiger partial charge is 0.410 e. The molecule has 5 nitrogen and oxygen atoms in total. The van der Waals surface area contributed by atoms with Crippen LogP contribution in [0, 0.1) is 5.92 Å². The third-order valence-electron chi connectivity index (χ3n) is 3.36. The Morgan fingerprint density at radius 2 is 2.05 bits per heavy atom. The minimum atomic E-state index is -0.457. The number of ether oxygens (including phenoxy) is 2. The number of amides is 1. The number of hydrogen-bond acceptors (Lipinski definition) is 4. The van der Waals surface area contributed by atoms with Crippen LogP contribution >= 0.6 is 0 Å². The molecule has 1 heterocycles. The molecule has 2 unspecified atom stereocenters. The van der Waals surface area contributed by atoms with Crippen LogP contribution in [-0.2, 0) is 9.47 Å². The van der Waals surface area contributed by atoms with Crippen molar-refractivity contribution >= 4 is 6.09 Å². The highest BCUT2D eigenvalue weighted by Crippen LogP contribution is 2.17. The van der Waals surface area contributed by atoms with Crippen LogP contribution in [0.5, 0.6) is 0 Å². The zero-order valence-electron chi connectivity index (χ0n) is 14.4. The number of morpholine rings is 1. The molecule has 2 atom stereocenters. The molecule has 0 bridgehead atoms. The van der Waals surface area contributed by atoms with Gasteiger partial charge in [-0.15, -0.1) is 0 Å². The molecule has 0 radical (unpaired) electrons. The summed E-state index contributed by atoms with van der Waals surface area (Å²) < 4.78 is 11.0. The maximum absolute atomic E-state index is 12.3. The molecule has 0 aliphatic carbocycles. The lowest BCUT2D eigenvalue weighted by molar-refractivity contribution is -0.0356. The molecule has 1 aliphatic heterocycles. The van der Waals surface area contributed by atoms with E-state index in [2.05, 4.69) is 26.1 Å². The Hall–Kier alpha value is -0.810. The van der Waals surface area contributed by atoms with Gasteiger partial charge in [0.1, 0.15) is 5.60 Å². The summed E-state index contributed by atoms with van der Waals surface area (Å²) in [6.07, 6.45) is 0.651. The largest absolute Gasteiger partial charge is 0.444 e. The van der Waals surface area contributed by atoms with Gasteiger partial charge in [-0.1, -0.05) is 13.8 Å². The predicted octanol–water partition coefficient (Wildman–Crippen LogP) is 2.65. The first-order valence-electron chi connectivity index (χ1n) is 8.00. The van der Waals surface area contributed by atoms with Crippen molar-refractivity contribution in [3.8, 4) is 0 Å². The molecule has 0 spiro atoms. The highest BCUT2D eigenvalue weighted by atomic mass is 16.6. The van der Waals surface area contributed by atoms with Crippen LogP contribution in [0.3, 0.4) is 0 Å². The Kier molecular flexibility index (Phi) is 6.94. The highest BCUT2D eigenvalue weighted by molar-refractivity contribution is 5.68. The van der Waals surface area contributed by atoms with E-state index in [9.17, 15) is 4.79 Å². The molecule has 5 heteroatoms. The molecule has 0 aromatic rings. The molecule has 1 N–H and O–H groups in total. The average molecular weight is 300 g/mol. The van der Waals surface area contributed by atoms with Crippen molar-refractivity contribution in [2.75, 3.05) is 26.3 Å². The van der Waals surface area contributed by atoms with E-state index in [4.69, 9.17) is 9.47 Å². The molecular formula is C16H32N2O3. The summed E-state index contributed by atoms with van der Waals surface area (Å²) in [6, 6.07) is 0.437. The van der Waals surface area contributed by atoms with Crippen molar-refractivity contribution < 1.29 is 14.3 Å². The second-order valence-corrected chi connectivity index (χ2v) is 7.34. The predicted molar refractivity (Wildman–Crippen MR) is 84.5 cm³/mol. The van der Waals surface area contributed by atoms with Gasteiger partial charge in [0.25, 0.3) is 0 Å². The maximum atomic E-state index is 12.3. The zero-order valence-corrected chi connectivity index (χ0v) is 14.4. The molecule has 0 saturated carbocycles. The van der Waals surface area contributed by atoms with Gasteiger partial charge in [-0.2, -0.15) is 0 Å². The van der Waals surface area contributed by atoms with Crippen LogP contribution in [0.15, 0.2) is 0 Å². The monoisotopic (exact) mass is 300 g/mol. The van der Waals surface area contributed by atoms with Crippen LogP contribution in [0.4, 0.5) is 4.79 Å². The summed E-state index contributed by atoms with van der Waals surface area (Å²) in [7, 11) is 0. The van der Waals surface area contributed by atoms with Gasteiger partial charge in [-0.3, -0.25) is 0 Å². The number of carbonyl (C=O) groups is 1. The fraction of sp³-hybridized carbons (Fsp3) is 0.938. The van der Waals surface area contributed by atoms with Gasteiger partial charge >= 0.3 is 6.09 Å². The molecule has 21 heavy (non-hydrogen) atoms. The fourth-order valence-corrected chi connectivity index (χ4v) is 2.34. The minimum Gasteiger partial charge on any atom is -0.444 e. The van der Waals surface area contributed by atoms with E-state index in [0.717, 1.165) is 13.0 Å². The second kappa shape index (κ2) is 7.99. The molecular weight excluding hydrogens is 268 g/mol. The lowest BCUT2D eigenvalue weighted by Gasteiger charge is -2.37. The van der Waals surface area contributed by atoms with E-state index in [1.807, 2.05) is 25.7 Å². The van der Waals surface area contributed by atoms with Crippen LogP contribution < -0.4 is 5.32 Å². The van der Waals surface area contributed by atoms with Crippen molar-refractivity contribution in [1.29, 1.82) is 0 Å². The van der Waals surface area contributed by atoms with E-state index in [0.29, 0.717) is 31.7 Å². The van der Waals surface area contributed by atoms with Gasteiger partial charge in [0.2, 0.25) is 0 Å². The average Bonchev–Trinajstić information content (AvgIpc) is 2.35. The summed E-state index contributed by atoms with van der Waals surface area (Å²) in [5, 5.41) is 3.50. The second-order valence-electron chi connectivity index (χ2n) is 7.34. The number of carbonyl (C=O) groups excluding carboxylic acids is 1. The van der Waals surface area contributed by atoms with E-state index in [1.54, 1.807) is 0 Å². The van der Waals surface area contributed by atoms with Crippen LogP contribution in [0.1, 0.15) is 48.0 Å². The van der Waals surface area contributed by atoms with Crippen molar-refractivity contribution in [3.05, 3.63) is 0 Å². The Morgan fingerprint density at radius 3 is 2.62 bits per heavy atom. The summed E-state index contributed by atoms with van der Waals surface area (Å²) >= 11 is 0. The Labute approximate surface area is 129 Å². The molecule has 1 amide bonds. The van der Waals surface area contributed by atoms with E-state index >= 15 is 0 Å². The summed E-state index contributed by atoms with van der Waals surface area (Å²) in [5.41, 5.74) is -0.457. The van der Waals surface area contributed by atoms with Crippen molar-refractivity contribution in [2.24, 2.45) is 5.92 Å². The first-order valence-corrected chi connectivity index (χ1v) is 8.00. The molecule has 1 rings (SSSR count). The van der Waals surface area contributed by atoms with Gasteiger partial charge < -0.3 is 19.7 Å². The first kappa shape index (κ1) is 18.2. The van der Waals surface area contributed by atoms with Gasteiger partial charge in [-0.25, -0.2) is 4.79 Å². The number of nitrogens with one attached hydrogen (secondary N) is 1. The lowest BCUT2D eigenvalue weighted by atomic mass is 10.1. The summed E-state index contributed by atoms with van der Waals surface area (Å²) in [4.78, 5) is 14.1. The van der Waals surface area contributed by atoms with Crippen LogP contribution in [-0.4, -0.2) is 55.0 Å². The summed E-state index contributed by atoms with van der Waals surface area (Å²) in [6.45, 7) is 15.0. The lowest BCUT2D eigenvalue weighted by Crippen LogP contribution is -2.52. The minimum absolute atomic E-state index is 0.0864. The van der Waals surface area contributed by atoms with Crippen LogP contribution in [0.2, 0.25) is 0 Å². The first-order chi connectivity index (χ1) is 9.69. The Balaban J connectivity index is 2.54. The molecule has 0 aromatic heterocycles. The fourth-order valence-electron chi connectivity index (χ4n) is 2.34. The maximum Gasteiger partial charge on any atom is 0.410 e. The summed E-state index contributed by atoms with van der Waals surface area (Å²) in [5.74, 6) is 0.622. The molecule has 124 valence electrons. The van der Waals surface area contributed by atoms with Crippen molar-refractivity contribution in [2.45, 2.75) is 65.6 Å². The van der Waals surface area contributed by atoms with Gasteiger partial charge in [0, 0.05) is 12.6 Å². The van der Waals surface area contributed by atoms with E-state index in [-0.39, 0.29) is 12.1 Å². The third-order valence-corrected chi connectivity index (χ3v) is 3.36. The third kappa shape index (κ3) is 7.14. The Bertz CT molecular complexity index is 326. The normalized spacial score (nSPS) is 21.5. The van der Waals surface area contributed by atoms with E-state index < -0.39 is 5.60 Å². The molecule has 0 aromatic carbocycles. The topological polar surface area (TPSA) is 50.8 Å².